The van der Waals surface area contributed by atoms with Gasteiger partial charge < -0.3 is 29.4 Å². The van der Waals surface area contributed by atoms with E-state index in [1.165, 1.54) is 67.9 Å². The lowest BCUT2D eigenvalue weighted by Gasteiger charge is -2.31. The normalized spacial score (nSPS) is 21.5. The van der Waals surface area contributed by atoms with Crippen LogP contribution >= 0.6 is 0 Å². The number of benzene rings is 2. The van der Waals surface area contributed by atoms with Crippen molar-refractivity contribution in [2.75, 3.05) is 7.11 Å². The number of pyridine rings is 1. The zero-order chi connectivity index (χ0) is 27.9. The fraction of sp³-hybridized carbons (Fsp3) is 0.321. The summed E-state index contributed by atoms with van der Waals surface area (Å²) in [6, 6.07) is 11.2. The Balaban J connectivity index is 1.56. The van der Waals surface area contributed by atoms with Gasteiger partial charge >= 0.3 is 5.97 Å². The van der Waals surface area contributed by atoms with Gasteiger partial charge in [-0.05, 0) is 74.7 Å². The molecule has 4 atom stereocenters. The number of hydrogen-bond donors (Lipinski definition) is 2. The van der Waals surface area contributed by atoms with Crippen molar-refractivity contribution in [1.82, 2.24) is 10.3 Å². The van der Waals surface area contributed by atoms with Crippen LogP contribution in [-0.2, 0) is 9.53 Å². The number of cyclic esters (lactones) is 1. The van der Waals surface area contributed by atoms with Crippen molar-refractivity contribution in [3.63, 3.8) is 0 Å². The molecule has 2 aromatic carbocycles. The fourth-order valence-electron chi connectivity index (χ4n) is 4.22. The second-order valence-corrected chi connectivity index (χ2v) is 8.96. The molecule has 4 rings (SSSR count). The van der Waals surface area contributed by atoms with Crippen molar-refractivity contribution < 1.29 is 42.4 Å². The SMILES string of the molecule is COc1ccnc(C(=O)NC2CCCC(Oc3ccc(F)cc3)C(Oc3ccc(F)cc3)C(C)OC2=O)c1O. The van der Waals surface area contributed by atoms with Gasteiger partial charge in [0.15, 0.2) is 23.3 Å². The van der Waals surface area contributed by atoms with Gasteiger partial charge in [0.05, 0.1) is 7.11 Å². The minimum Gasteiger partial charge on any atom is -0.503 e. The molecule has 0 radical (unpaired) electrons. The van der Waals surface area contributed by atoms with E-state index in [1.807, 2.05) is 0 Å². The van der Waals surface area contributed by atoms with Gasteiger partial charge in [0.1, 0.15) is 41.4 Å². The third-order valence-corrected chi connectivity index (χ3v) is 6.21. The number of amides is 1. The number of halogens is 2. The highest BCUT2D eigenvalue weighted by molar-refractivity contribution is 5.97. The first-order chi connectivity index (χ1) is 18.7. The molecule has 3 aromatic rings. The number of rotatable bonds is 7. The topological polar surface area (TPSA) is 116 Å². The van der Waals surface area contributed by atoms with E-state index in [0.29, 0.717) is 24.3 Å². The molecule has 0 bridgehead atoms. The Kier molecular flexibility index (Phi) is 8.80. The van der Waals surface area contributed by atoms with Crippen molar-refractivity contribution in [2.45, 2.75) is 50.5 Å². The highest BCUT2D eigenvalue weighted by atomic mass is 19.1. The zero-order valence-electron chi connectivity index (χ0n) is 21.3. The van der Waals surface area contributed by atoms with Crippen LogP contribution in [0.4, 0.5) is 8.78 Å². The van der Waals surface area contributed by atoms with Crippen LogP contribution in [0.3, 0.4) is 0 Å². The molecule has 0 aliphatic carbocycles. The molecule has 39 heavy (non-hydrogen) atoms. The van der Waals surface area contributed by atoms with Crippen molar-refractivity contribution in [3.8, 4) is 23.0 Å². The van der Waals surface area contributed by atoms with Gasteiger partial charge in [0, 0.05) is 12.3 Å². The van der Waals surface area contributed by atoms with E-state index in [9.17, 15) is 23.5 Å². The van der Waals surface area contributed by atoms with E-state index in [0.717, 1.165) is 0 Å². The largest absolute Gasteiger partial charge is 0.503 e. The molecule has 1 fully saturated rings. The highest BCUT2D eigenvalue weighted by Crippen LogP contribution is 2.29. The lowest BCUT2D eigenvalue weighted by molar-refractivity contribution is -0.157. The van der Waals surface area contributed by atoms with Crippen LogP contribution in [0.1, 0.15) is 36.7 Å². The van der Waals surface area contributed by atoms with Gasteiger partial charge in [-0.25, -0.2) is 18.6 Å². The lowest BCUT2D eigenvalue weighted by Crippen LogP contribution is -2.47. The standard InChI is InChI=1S/C28H28F2N2O7/c1-16-26(39-20-12-8-18(30)9-13-20)23(38-19-10-6-17(29)7-11-19)5-3-4-21(28(35)37-16)32-27(34)24-25(33)22(36-2)14-15-31-24/h6-16,21,23,26,33H,3-5H2,1-2H3,(H,32,34). The minimum atomic E-state index is -1.05. The Morgan fingerprint density at radius 3 is 2.23 bits per heavy atom. The van der Waals surface area contributed by atoms with Crippen molar-refractivity contribution >= 4 is 11.9 Å². The van der Waals surface area contributed by atoms with Crippen LogP contribution in [0.15, 0.2) is 60.8 Å². The van der Waals surface area contributed by atoms with Gasteiger partial charge in [-0.1, -0.05) is 0 Å². The molecule has 1 aliphatic rings. The van der Waals surface area contributed by atoms with Crippen LogP contribution in [0.25, 0.3) is 0 Å². The molecule has 1 aromatic heterocycles. The van der Waals surface area contributed by atoms with Crippen molar-refractivity contribution in [3.05, 3.63) is 78.1 Å². The van der Waals surface area contributed by atoms with Crippen LogP contribution in [0.5, 0.6) is 23.0 Å². The fourth-order valence-corrected chi connectivity index (χ4v) is 4.22. The first-order valence-corrected chi connectivity index (χ1v) is 12.3. The van der Waals surface area contributed by atoms with Crippen LogP contribution < -0.4 is 19.5 Å². The quantitative estimate of drug-likeness (QED) is 0.427. The maximum Gasteiger partial charge on any atom is 0.329 e. The van der Waals surface area contributed by atoms with Gasteiger partial charge in [-0.2, -0.15) is 0 Å². The molecular formula is C28H28F2N2O7. The van der Waals surface area contributed by atoms with E-state index in [2.05, 4.69) is 10.3 Å². The number of nitrogens with zero attached hydrogens (tertiary/aromatic N) is 1. The summed E-state index contributed by atoms with van der Waals surface area (Å²) in [4.78, 5) is 29.9. The number of aromatic nitrogens is 1. The number of hydrogen-bond acceptors (Lipinski definition) is 8. The predicted molar refractivity (Wildman–Crippen MR) is 135 cm³/mol. The molecule has 1 saturated heterocycles. The lowest BCUT2D eigenvalue weighted by atomic mass is 10.0. The number of nitrogens with one attached hydrogen (secondary N) is 1. The molecule has 1 aliphatic heterocycles. The third-order valence-electron chi connectivity index (χ3n) is 6.21. The summed E-state index contributed by atoms with van der Waals surface area (Å²) in [6.45, 7) is 1.62. The molecule has 1 amide bonds. The van der Waals surface area contributed by atoms with E-state index in [-0.39, 0.29) is 17.9 Å². The molecule has 4 unspecified atom stereocenters. The Morgan fingerprint density at radius 1 is 1.00 bits per heavy atom. The smallest absolute Gasteiger partial charge is 0.329 e. The highest BCUT2D eigenvalue weighted by Gasteiger charge is 2.37. The molecule has 2 N–H and O–H groups in total. The van der Waals surface area contributed by atoms with E-state index < -0.39 is 53.6 Å². The summed E-state index contributed by atoms with van der Waals surface area (Å²) in [5.74, 6) is -2.03. The minimum absolute atomic E-state index is 0.0578. The van der Waals surface area contributed by atoms with Gasteiger partial charge in [0.25, 0.3) is 5.91 Å². The van der Waals surface area contributed by atoms with Crippen LogP contribution in [-0.4, -0.2) is 53.4 Å². The molecule has 2 heterocycles. The van der Waals surface area contributed by atoms with E-state index in [1.54, 1.807) is 6.92 Å². The Morgan fingerprint density at radius 2 is 1.62 bits per heavy atom. The number of carbonyl (C=O) groups excluding carboxylic acids is 2. The van der Waals surface area contributed by atoms with Crippen LogP contribution in [0, 0.1) is 11.6 Å². The zero-order valence-corrected chi connectivity index (χ0v) is 21.3. The number of carbonyl (C=O) groups is 2. The van der Waals surface area contributed by atoms with Gasteiger partial charge in [-0.15, -0.1) is 0 Å². The van der Waals surface area contributed by atoms with Crippen LogP contribution in [0.2, 0.25) is 0 Å². The third kappa shape index (κ3) is 6.92. The summed E-state index contributed by atoms with van der Waals surface area (Å²) in [6.07, 6.45) is -0.0855. The molecule has 206 valence electrons. The monoisotopic (exact) mass is 542 g/mol. The average Bonchev–Trinajstić information content (AvgIpc) is 2.96. The number of methoxy groups -OCH3 is 1. The number of aromatic hydroxyl groups is 1. The Labute approximate surface area is 223 Å². The maximum atomic E-state index is 13.5. The van der Waals surface area contributed by atoms with Gasteiger partial charge in [0.2, 0.25) is 0 Å². The van der Waals surface area contributed by atoms with Crippen molar-refractivity contribution in [1.29, 1.82) is 0 Å². The maximum absolute atomic E-state index is 13.5. The first kappa shape index (κ1) is 27.6. The second-order valence-electron chi connectivity index (χ2n) is 8.96. The number of esters is 1. The van der Waals surface area contributed by atoms with E-state index >= 15 is 0 Å². The second kappa shape index (κ2) is 12.4. The summed E-state index contributed by atoms with van der Waals surface area (Å²) >= 11 is 0. The summed E-state index contributed by atoms with van der Waals surface area (Å²) in [7, 11) is 1.34. The molecule has 11 heteroatoms. The Bertz CT molecular complexity index is 1290. The molecule has 9 nitrogen and oxygen atoms in total. The first-order valence-electron chi connectivity index (χ1n) is 12.3. The average molecular weight is 543 g/mol. The molecule has 0 spiro atoms. The Hall–Kier alpha value is -4.41. The molecule has 0 saturated carbocycles. The summed E-state index contributed by atoms with van der Waals surface area (Å²) in [5, 5.41) is 12.9. The summed E-state index contributed by atoms with van der Waals surface area (Å²) < 4.78 is 49.9. The molecular weight excluding hydrogens is 514 g/mol. The van der Waals surface area contributed by atoms with E-state index in [4.69, 9.17) is 18.9 Å². The van der Waals surface area contributed by atoms with Gasteiger partial charge in [-0.3, -0.25) is 4.79 Å². The summed E-state index contributed by atoms with van der Waals surface area (Å²) in [5.41, 5.74) is -0.301. The number of ether oxygens (including phenoxy) is 4. The van der Waals surface area contributed by atoms with Crippen molar-refractivity contribution in [2.24, 2.45) is 0 Å². The predicted octanol–water partition coefficient (Wildman–Crippen LogP) is 4.18.